The van der Waals surface area contributed by atoms with Crippen molar-refractivity contribution < 1.29 is 13.9 Å². The largest absolute Gasteiger partial charge is 0.490 e. The molecule has 0 saturated heterocycles. The number of unbranched alkanes of at least 4 members (excludes halogenated alkanes) is 2. The Bertz CT molecular complexity index is 1420. The first-order chi connectivity index (χ1) is 16.5. The zero-order chi connectivity index (χ0) is 24.1. The summed E-state index contributed by atoms with van der Waals surface area (Å²) in [6.07, 6.45) is 2.72. The van der Waals surface area contributed by atoms with Crippen molar-refractivity contribution in [3.8, 4) is 5.75 Å². The summed E-state index contributed by atoms with van der Waals surface area (Å²) in [5.41, 5.74) is 1.37. The second-order valence-electron chi connectivity index (χ2n) is 8.29. The molecular weight excluding hydrogens is 450 g/mol. The number of H-pyrrole nitrogens is 1. The van der Waals surface area contributed by atoms with Gasteiger partial charge in [0.2, 0.25) is 5.91 Å². The zero-order valence-corrected chi connectivity index (χ0v) is 20.2. The Kier molecular flexibility index (Phi) is 7.47. The van der Waals surface area contributed by atoms with Crippen molar-refractivity contribution in [2.45, 2.75) is 52.1 Å². The van der Waals surface area contributed by atoms with Gasteiger partial charge in [0, 0.05) is 18.4 Å². The van der Waals surface area contributed by atoms with Crippen molar-refractivity contribution in [3.63, 3.8) is 0 Å². The average molecular weight is 480 g/mol. The number of rotatable bonds is 10. The summed E-state index contributed by atoms with van der Waals surface area (Å²) < 4.78 is 13.6. The summed E-state index contributed by atoms with van der Waals surface area (Å²) in [6.45, 7) is 4.92. The fourth-order valence-corrected chi connectivity index (χ4v) is 4.34. The fraction of sp³-hybridized carbons (Fsp3) is 0.346. The molecular formula is C26H29N3O4S. The van der Waals surface area contributed by atoms with Crippen molar-refractivity contribution in [1.82, 2.24) is 14.9 Å². The second kappa shape index (κ2) is 10.7. The van der Waals surface area contributed by atoms with Crippen LogP contribution in [-0.2, 0) is 11.3 Å². The molecule has 0 saturated carbocycles. The predicted molar refractivity (Wildman–Crippen MR) is 136 cm³/mol. The molecule has 0 aliphatic carbocycles. The Balaban J connectivity index is 1.27. The van der Waals surface area contributed by atoms with E-state index in [0.717, 1.165) is 30.2 Å². The first-order valence-electron chi connectivity index (χ1n) is 11.6. The number of ether oxygens (including phenoxy) is 1. The number of hydrogen-bond acceptors (Lipinski definition) is 5. The minimum absolute atomic E-state index is 0.0295. The van der Waals surface area contributed by atoms with Crippen LogP contribution in [0.1, 0.15) is 51.3 Å². The summed E-state index contributed by atoms with van der Waals surface area (Å²) in [4.78, 5) is 28.3. The number of aromatic nitrogens is 2. The molecule has 0 aliphatic heterocycles. The summed E-state index contributed by atoms with van der Waals surface area (Å²) >= 11 is 5.35. The average Bonchev–Trinajstić information content (AvgIpc) is 3.26. The molecule has 2 aromatic heterocycles. The highest BCUT2D eigenvalue weighted by atomic mass is 32.1. The third-order valence-corrected chi connectivity index (χ3v) is 6.13. The molecule has 0 spiro atoms. The van der Waals surface area contributed by atoms with Crippen molar-refractivity contribution in [2.75, 3.05) is 6.61 Å². The van der Waals surface area contributed by atoms with E-state index in [4.69, 9.17) is 21.4 Å². The van der Waals surface area contributed by atoms with Crippen LogP contribution in [0.3, 0.4) is 0 Å². The van der Waals surface area contributed by atoms with Gasteiger partial charge in [-0.3, -0.25) is 14.2 Å². The lowest BCUT2D eigenvalue weighted by molar-refractivity contribution is -0.122. The lowest BCUT2D eigenvalue weighted by Crippen LogP contribution is -2.26. The second-order valence-corrected chi connectivity index (χ2v) is 8.68. The van der Waals surface area contributed by atoms with Crippen LogP contribution in [0.25, 0.3) is 21.9 Å². The van der Waals surface area contributed by atoms with Crippen molar-refractivity contribution in [3.05, 3.63) is 69.4 Å². The zero-order valence-electron chi connectivity index (χ0n) is 19.4. The van der Waals surface area contributed by atoms with Crippen LogP contribution in [0.4, 0.5) is 0 Å². The molecule has 2 heterocycles. The molecule has 1 atom stereocenters. The maximum Gasteiger partial charge on any atom is 0.262 e. The van der Waals surface area contributed by atoms with E-state index in [0.29, 0.717) is 46.8 Å². The van der Waals surface area contributed by atoms with Gasteiger partial charge in [0.05, 0.1) is 23.6 Å². The number of para-hydroxylation sites is 2. The molecule has 4 aromatic rings. The Hall–Kier alpha value is -3.39. The monoisotopic (exact) mass is 479 g/mol. The van der Waals surface area contributed by atoms with Crippen LogP contribution in [0.2, 0.25) is 0 Å². The van der Waals surface area contributed by atoms with Gasteiger partial charge in [0.15, 0.2) is 16.1 Å². The highest BCUT2D eigenvalue weighted by Gasteiger charge is 2.16. The van der Waals surface area contributed by atoms with E-state index in [1.165, 1.54) is 0 Å². The van der Waals surface area contributed by atoms with Crippen LogP contribution in [0.5, 0.6) is 5.75 Å². The summed E-state index contributed by atoms with van der Waals surface area (Å²) in [5.74, 6) is 1.37. The lowest BCUT2D eigenvalue weighted by Gasteiger charge is -2.11. The van der Waals surface area contributed by atoms with Crippen molar-refractivity contribution in [1.29, 1.82) is 0 Å². The van der Waals surface area contributed by atoms with E-state index < -0.39 is 0 Å². The standard InChI is InChI=1S/C26H29N3O4S/c1-3-32-21-13-9-10-18-16-22(33-24(18)21)17(2)27-23(30)14-5-4-8-15-29-25(31)19-11-6-7-12-20(19)28-26(29)34/h6-7,9-13,16-17H,3-5,8,14-15H2,1-2H3,(H,27,30)(H,28,34). The number of nitrogens with one attached hydrogen (secondary N) is 2. The van der Waals surface area contributed by atoms with Gasteiger partial charge < -0.3 is 19.5 Å². The molecule has 178 valence electrons. The number of nitrogens with zero attached hydrogens (tertiary/aromatic N) is 1. The number of benzene rings is 2. The minimum Gasteiger partial charge on any atom is -0.490 e. The van der Waals surface area contributed by atoms with E-state index in [1.54, 1.807) is 10.6 Å². The first kappa shape index (κ1) is 23.8. The van der Waals surface area contributed by atoms with E-state index in [9.17, 15) is 9.59 Å². The molecule has 34 heavy (non-hydrogen) atoms. The van der Waals surface area contributed by atoms with Gasteiger partial charge in [-0.1, -0.05) is 30.7 Å². The van der Waals surface area contributed by atoms with Gasteiger partial charge >= 0.3 is 0 Å². The molecule has 4 rings (SSSR count). The van der Waals surface area contributed by atoms with Crippen LogP contribution in [-0.4, -0.2) is 22.1 Å². The van der Waals surface area contributed by atoms with Gasteiger partial charge in [0.25, 0.3) is 5.56 Å². The quantitative estimate of drug-likeness (QED) is 0.227. The SMILES string of the molecule is CCOc1cccc2cc(C(C)NC(=O)CCCCCn3c(=S)[nH]c4ccccc4c3=O)oc12. The first-order valence-corrected chi connectivity index (χ1v) is 12.0. The van der Waals surface area contributed by atoms with Crippen LogP contribution in [0, 0.1) is 4.77 Å². The Labute approximate surface area is 202 Å². The molecule has 7 nitrogen and oxygen atoms in total. The van der Waals surface area contributed by atoms with E-state index in [-0.39, 0.29) is 17.5 Å². The number of carbonyl (C=O) groups is 1. The number of carbonyl (C=O) groups excluding carboxylic acids is 1. The third-order valence-electron chi connectivity index (χ3n) is 5.81. The summed E-state index contributed by atoms with van der Waals surface area (Å²) in [6, 6.07) is 14.8. The summed E-state index contributed by atoms with van der Waals surface area (Å²) in [7, 11) is 0. The maximum atomic E-state index is 12.7. The van der Waals surface area contributed by atoms with Crippen molar-refractivity contribution >= 4 is 40.0 Å². The molecule has 1 unspecified atom stereocenters. The van der Waals surface area contributed by atoms with Gasteiger partial charge in [-0.15, -0.1) is 0 Å². The number of fused-ring (bicyclic) bond motifs is 2. The van der Waals surface area contributed by atoms with Crippen LogP contribution >= 0.6 is 12.2 Å². The number of furan rings is 1. The summed E-state index contributed by atoms with van der Waals surface area (Å²) in [5, 5.41) is 4.58. The highest BCUT2D eigenvalue weighted by molar-refractivity contribution is 7.71. The smallest absolute Gasteiger partial charge is 0.262 e. The van der Waals surface area contributed by atoms with Gasteiger partial charge in [-0.2, -0.15) is 0 Å². The number of hydrogen-bond donors (Lipinski definition) is 2. The maximum absolute atomic E-state index is 12.7. The highest BCUT2D eigenvalue weighted by Crippen LogP contribution is 2.31. The Morgan fingerprint density at radius 2 is 2.00 bits per heavy atom. The number of amides is 1. The van der Waals surface area contributed by atoms with E-state index >= 15 is 0 Å². The van der Waals surface area contributed by atoms with Gasteiger partial charge in [-0.05, 0) is 63.2 Å². The van der Waals surface area contributed by atoms with Gasteiger partial charge in [-0.25, -0.2) is 0 Å². The lowest BCUT2D eigenvalue weighted by atomic mass is 10.1. The molecule has 8 heteroatoms. The normalized spacial score (nSPS) is 12.2. The molecule has 0 radical (unpaired) electrons. The van der Waals surface area contributed by atoms with Crippen LogP contribution in [0.15, 0.2) is 57.7 Å². The van der Waals surface area contributed by atoms with Crippen LogP contribution < -0.4 is 15.6 Å². The molecule has 1 amide bonds. The van der Waals surface area contributed by atoms with Crippen molar-refractivity contribution in [2.24, 2.45) is 0 Å². The number of aromatic amines is 1. The molecule has 0 bridgehead atoms. The topological polar surface area (TPSA) is 89.3 Å². The van der Waals surface area contributed by atoms with E-state index in [1.807, 2.05) is 56.3 Å². The Morgan fingerprint density at radius 3 is 2.82 bits per heavy atom. The molecule has 2 aromatic carbocycles. The third kappa shape index (κ3) is 5.22. The molecule has 2 N–H and O–H groups in total. The molecule has 0 fully saturated rings. The molecule has 0 aliphatic rings. The fourth-order valence-electron chi connectivity index (χ4n) is 4.06. The predicted octanol–water partition coefficient (Wildman–Crippen LogP) is 5.64. The Morgan fingerprint density at radius 1 is 1.18 bits per heavy atom. The van der Waals surface area contributed by atoms with Gasteiger partial charge in [0.1, 0.15) is 5.76 Å². The minimum atomic E-state index is -0.246. The van der Waals surface area contributed by atoms with E-state index in [2.05, 4.69) is 10.3 Å².